The molecule has 2 fully saturated rings. The number of anilines is 1. The Kier molecular flexibility index (Phi) is 8.27. The van der Waals surface area contributed by atoms with E-state index >= 15 is 0 Å². The predicted octanol–water partition coefficient (Wildman–Crippen LogP) is 3.96. The van der Waals surface area contributed by atoms with Crippen LogP contribution in [-0.2, 0) is 0 Å². The van der Waals surface area contributed by atoms with Crippen LogP contribution < -0.4 is 23.8 Å². The fourth-order valence-corrected chi connectivity index (χ4v) is 6.04. The molecule has 3 aromatic rings. The number of aliphatic imine (C=N–C) groups is 1. The number of fused-ring (bicyclic) bond motifs is 3. The molecule has 1 amide bonds. The molecule has 2 aromatic carbocycles. The van der Waals surface area contributed by atoms with Gasteiger partial charge in [0.1, 0.15) is 12.1 Å². The van der Waals surface area contributed by atoms with E-state index in [1.807, 2.05) is 29.3 Å². The van der Waals surface area contributed by atoms with Crippen LogP contribution in [0.25, 0.3) is 10.9 Å². The van der Waals surface area contributed by atoms with Crippen LogP contribution in [0.1, 0.15) is 36.0 Å². The summed E-state index contributed by atoms with van der Waals surface area (Å²) in [5, 5.41) is 0.962. The molecule has 0 unspecified atom stereocenters. The Bertz CT molecular complexity index is 1470. The number of piperazine rings is 1. The number of hydrogen-bond donors (Lipinski definition) is 0. The summed E-state index contributed by atoms with van der Waals surface area (Å²) in [6.07, 6.45) is 7.42. The standard InChI is InChI=1S/C31H38N6O5/c1-39-26-15-22-24(17-28(26)41-3)33-20-34-30(22)36-12-10-35(11-13-36)8-4-5-14-42-29-18-25-23(16-27(29)40-2)31(38)37-9-6-7-21(37)19-32-25/h15-21H,4-14H2,1-3H3/t21-/m0/s1. The zero-order valence-electron chi connectivity index (χ0n) is 24.5. The van der Waals surface area contributed by atoms with Gasteiger partial charge in [0.15, 0.2) is 23.0 Å². The van der Waals surface area contributed by atoms with Gasteiger partial charge < -0.3 is 28.7 Å². The normalized spacial score (nSPS) is 18.5. The summed E-state index contributed by atoms with van der Waals surface area (Å²) in [5.74, 6) is 3.47. The lowest BCUT2D eigenvalue weighted by Gasteiger charge is -2.35. The lowest BCUT2D eigenvalue weighted by molar-refractivity contribution is 0.0774. The van der Waals surface area contributed by atoms with Gasteiger partial charge in [-0.25, -0.2) is 9.97 Å². The number of benzene rings is 2. The molecule has 1 atom stereocenters. The molecule has 6 rings (SSSR count). The molecule has 0 saturated carbocycles. The quantitative estimate of drug-likeness (QED) is 0.333. The van der Waals surface area contributed by atoms with Crippen molar-refractivity contribution in [1.82, 2.24) is 19.8 Å². The fraction of sp³-hybridized carbons (Fsp3) is 0.484. The summed E-state index contributed by atoms with van der Waals surface area (Å²) in [7, 11) is 4.87. The van der Waals surface area contributed by atoms with Crippen LogP contribution in [0.3, 0.4) is 0 Å². The van der Waals surface area contributed by atoms with Crippen LogP contribution >= 0.6 is 0 Å². The molecule has 0 aliphatic carbocycles. The number of nitrogens with zero attached hydrogens (tertiary/aromatic N) is 6. The van der Waals surface area contributed by atoms with Crippen LogP contribution in [0.5, 0.6) is 23.0 Å². The minimum absolute atomic E-state index is 0.0165. The summed E-state index contributed by atoms with van der Waals surface area (Å²) < 4.78 is 22.6. The van der Waals surface area contributed by atoms with Gasteiger partial charge >= 0.3 is 0 Å². The third-order valence-corrected chi connectivity index (χ3v) is 8.38. The van der Waals surface area contributed by atoms with E-state index in [0.717, 1.165) is 81.7 Å². The van der Waals surface area contributed by atoms with Gasteiger partial charge in [-0.2, -0.15) is 0 Å². The van der Waals surface area contributed by atoms with Gasteiger partial charge in [-0.3, -0.25) is 14.7 Å². The van der Waals surface area contributed by atoms with E-state index < -0.39 is 0 Å². The van der Waals surface area contributed by atoms with E-state index in [2.05, 4.69) is 24.8 Å². The first-order valence-corrected chi connectivity index (χ1v) is 14.6. The van der Waals surface area contributed by atoms with Crippen molar-refractivity contribution in [3.05, 3.63) is 36.2 Å². The SMILES string of the molecule is COc1cc2ncnc(N3CCN(CCCCOc4cc5c(cc4OC)C(=O)N4CCC[C@H]4C=N5)CC3)c2cc1OC. The molecule has 222 valence electrons. The summed E-state index contributed by atoms with van der Waals surface area (Å²) in [6.45, 7) is 6.04. The molecule has 3 aliphatic heterocycles. The second-order valence-electron chi connectivity index (χ2n) is 10.8. The van der Waals surface area contributed by atoms with Crippen molar-refractivity contribution in [2.75, 3.05) is 72.1 Å². The van der Waals surface area contributed by atoms with E-state index in [1.165, 1.54) is 0 Å². The highest BCUT2D eigenvalue weighted by atomic mass is 16.5. The zero-order chi connectivity index (χ0) is 29.1. The van der Waals surface area contributed by atoms with Gasteiger partial charge in [0.05, 0.1) is 50.7 Å². The van der Waals surface area contributed by atoms with Crippen LogP contribution in [0.15, 0.2) is 35.6 Å². The van der Waals surface area contributed by atoms with Crippen molar-refractivity contribution >= 4 is 34.5 Å². The number of amides is 1. The lowest BCUT2D eigenvalue weighted by atomic mass is 10.1. The molecule has 0 bridgehead atoms. The Morgan fingerprint density at radius 1 is 0.857 bits per heavy atom. The summed E-state index contributed by atoms with van der Waals surface area (Å²) in [5.41, 5.74) is 2.06. The topological polar surface area (TPSA) is 102 Å². The molecule has 4 heterocycles. The van der Waals surface area contributed by atoms with Crippen LogP contribution in [0.4, 0.5) is 11.5 Å². The van der Waals surface area contributed by atoms with Crippen LogP contribution in [0.2, 0.25) is 0 Å². The van der Waals surface area contributed by atoms with Crippen molar-refractivity contribution < 1.29 is 23.7 Å². The number of carbonyl (C=O) groups is 1. The molecule has 0 spiro atoms. The Hall–Kier alpha value is -4.12. The van der Waals surface area contributed by atoms with E-state index in [0.29, 0.717) is 40.9 Å². The Labute approximate surface area is 246 Å². The third kappa shape index (κ3) is 5.53. The van der Waals surface area contributed by atoms with Crippen molar-refractivity contribution in [2.24, 2.45) is 4.99 Å². The number of carbonyl (C=O) groups excluding carboxylic acids is 1. The second-order valence-corrected chi connectivity index (χ2v) is 10.8. The highest BCUT2D eigenvalue weighted by molar-refractivity contribution is 6.03. The average Bonchev–Trinajstić information content (AvgIpc) is 3.46. The number of aromatic nitrogens is 2. The van der Waals surface area contributed by atoms with Gasteiger partial charge in [0, 0.05) is 56.5 Å². The van der Waals surface area contributed by atoms with Gasteiger partial charge in [0.2, 0.25) is 0 Å². The zero-order valence-corrected chi connectivity index (χ0v) is 24.5. The van der Waals surface area contributed by atoms with Crippen molar-refractivity contribution in [1.29, 1.82) is 0 Å². The Balaban J connectivity index is 1.00. The smallest absolute Gasteiger partial charge is 0.256 e. The fourth-order valence-electron chi connectivity index (χ4n) is 6.04. The van der Waals surface area contributed by atoms with Crippen LogP contribution in [-0.4, -0.2) is 105 Å². The summed E-state index contributed by atoms with van der Waals surface area (Å²) in [6, 6.07) is 7.55. The largest absolute Gasteiger partial charge is 0.493 e. The molecule has 0 radical (unpaired) electrons. The number of methoxy groups -OCH3 is 3. The molecule has 42 heavy (non-hydrogen) atoms. The molecule has 2 saturated heterocycles. The van der Waals surface area contributed by atoms with Crippen molar-refractivity contribution in [3.63, 3.8) is 0 Å². The van der Waals surface area contributed by atoms with E-state index in [-0.39, 0.29) is 11.9 Å². The van der Waals surface area contributed by atoms with E-state index in [1.54, 1.807) is 33.7 Å². The number of rotatable bonds is 10. The number of unbranched alkanes of at least 4 members (excludes halogenated alkanes) is 1. The molecular formula is C31H38N6O5. The minimum atomic E-state index is 0.0165. The maximum atomic E-state index is 13.1. The summed E-state index contributed by atoms with van der Waals surface area (Å²) >= 11 is 0. The molecule has 11 heteroatoms. The maximum absolute atomic E-state index is 13.1. The Morgan fingerprint density at radius 2 is 1.62 bits per heavy atom. The molecule has 3 aliphatic rings. The summed E-state index contributed by atoms with van der Waals surface area (Å²) in [4.78, 5) is 33.5. The van der Waals surface area contributed by atoms with Gasteiger partial charge in [-0.15, -0.1) is 0 Å². The maximum Gasteiger partial charge on any atom is 0.256 e. The first-order chi connectivity index (χ1) is 20.6. The molecular weight excluding hydrogens is 536 g/mol. The first kappa shape index (κ1) is 28.0. The van der Waals surface area contributed by atoms with Gasteiger partial charge in [-0.05, 0) is 44.4 Å². The first-order valence-electron chi connectivity index (χ1n) is 14.6. The Morgan fingerprint density at radius 3 is 2.40 bits per heavy atom. The van der Waals surface area contributed by atoms with Crippen LogP contribution in [0, 0.1) is 0 Å². The van der Waals surface area contributed by atoms with E-state index in [4.69, 9.17) is 18.9 Å². The third-order valence-electron chi connectivity index (χ3n) is 8.38. The van der Waals surface area contributed by atoms with Crippen molar-refractivity contribution in [2.45, 2.75) is 31.7 Å². The second kappa shape index (κ2) is 12.4. The molecule has 11 nitrogen and oxygen atoms in total. The molecule has 1 aromatic heterocycles. The predicted molar refractivity (Wildman–Crippen MR) is 161 cm³/mol. The van der Waals surface area contributed by atoms with E-state index in [9.17, 15) is 4.79 Å². The highest BCUT2D eigenvalue weighted by Gasteiger charge is 2.32. The lowest BCUT2D eigenvalue weighted by Crippen LogP contribution is -2.47. The van der Waals surface area contributed by atoms with Crippen molar-refractivity contribution in [3.8, 4) is 23.0 Å². The number of ether oxygens (including phenoxy) is 4. The average molecular weight is 575 g/mol. The monoisotopic (exact) mass is 574 g/mol. The van der Waals surface area contributed by atoms with Gasteiger partial charge in [0.25, 0.3) is 5.91 Å². The minimum Gasteiger partial charge on any atom is -0.493 e. The van der Waals surface area contributed by atoms with Gasteiger partial charge in [-0.1, -0.05) is 0 Å². The number of hydrogen-bond acceptors (Lipinski definition) is 10. The highest BCUT2D eigenvalue weighted by Crippen LogP contribution is 2.38. The molecule has 0 N–H and O–H groups in total.